The van der Waals surface area contributed by atoms with Crippen LogP contribution in [-0.4, -0.2) is 36.2 Å². The van der Waals surface area contributed by atoms with Gasteiger partial charge in [-0.1, -0.05) is 42.5 Å². The van der Waals surface area contributed by atoms with Crippen molar-refractivity contribution in [2.75, 3.05) is 13.2 Å². The van der Waals surface area contributed by atoms with Crippen molar-refractivity contribution in [1.29, 1.82) is 0 Å². The number of esters is 1. The molecule has 2 amide bonds. The molecule has 0 aliphatic carbocycles. The van der Waals surface area contributed by atoms with E-state index in [2.05, 4.69) is 5.32 Å². The van der Waals surface area contributed by atoms with E-state index >= 15 is 0 Å². The van der Waals surface area contributed by atoms with Crippen molar-refractivity contribution in [3.63, 3.8) is 0 Å². The number of amides is 2. The van der Waals surface area contributed by atoms with Gasteiger partial charge in [0.05, 0.1) is 6.61 Å². The molecule has 1 fully saturated rings. The predicted octanol–water partition coefficient (Wildman–Crippen LogP) is 3.03. The third kappa shape index (κ3) is 3.17. The molecule has 3 atom stereocenters. The summed E-state index contributed by atoms with van der Waals surface area (Å²) in [5, 5.41) is 2.88. The summed E-state index contributed by atoms with van der Waals surface area (Å²) >= 11 is 0. The van der Waals surface area contributed by atoms with Crippen molar-refractivity contribution >= 4 is 12.0 Å². The number of urea groups is 1. The molecule has 2 aromatic rings. The zero-order valence-corrected chi connectivity index (χ0v) is 15.4. The van der Waals surface area contributed by atoms with E-state index in [-0.39, 0.29) is 24.9 Å². The maximum Gasteiger partial charge on any atom is 0.318 e. The minimum Gasteiger partial charge on any atom is -0.483 e. The van der Waals surface area contributed by atoms with Crippen LogP contribution in [0.2, 0.25) is 0 Å². The largest absolute Gasteiger partial charge is 0.483 e. The van der Waals surface area contributed by atoms with Gasteiger partial charge in [-0.15, -0.1) is 0 Å². The highest BCUT2D eigenvalue weighted by molar-refractivity contribution is 5.80. The second kappa shape index (κ2) is 7.50. The summed E-state index contributed by atoms with van der Waals surface area (Å²) in [6, 6.07) is 13.3. The minimum absolute atomic E-state index is 0.104. The van der Waals surface area contributed by atoms with Crippen molar-refractivity contribution in [3.05, 3.63) is 65.5 Å². The number of hydrogen-bond acceptors (Lipinski definition) is 4. The quantitative estimate of drug-likeness (QED) is 0.823. The Hall–Kier alpha value is -3.09. The number of fused-ring (bicyclic) bond motifs is 3. The second-order valence-corrected chi connectivity index (χ2v) is 6.84. The van der Waals surface area contributed by atoms with Crippen LogP contribution in [0.1, 0.15) is 24.1 Å². The standard InChI is InChI=1S/C21H21FN2O4/c1-2-27-20(25)15-12-24(21(26)23-11-13-7-4-3-5-8-13)17-14-9-6-10-16(22)18(14)28-19(15)17/h3-10,15,17,19H,2,11-12H2,1H3,(H,23,26)/t15-,17+,19+/m1/s1. The van der Waals surface area contributed by atoms with Crippen molar-refractivity contribution < 1.29 is 23.5 Å². The van der Waals surface area contributed by atoms with Crippen LogP contribution < -0.4 is 10.1 Å². The Labute approximate surface area is 162 Å². The minimum atomic E-state index is -0.667. The number of carbonyl (C=O) groups is 2. The number of rotatable bonds is 4. The smallest absolute Gasteiger partial charge is 0.318 e. The van der Waals surface area contributed by atoms with Gasteiger partial charge in [0, 0.05) is 18.7 Å². The highest BCUT2D eigenvalue weighted by Gasteiger charge is 2.54. The molecule has 1 N–H and O–H groups in total. The molecule has 0 aromatic heterocycles. The summed E-state index contributed by atoms with van der Waals surface area (Å²) in [7, 11) is 0. The molecule has 1 saturated heterocycles. The average molecular weight is 384 g/mol. The number of nitrogens with one attached hydrogen (secondary N) is 1. The number of carbonyl (C=O) groups excluding carboxylic acids is 2. The number of benzene rings is 2. The van der Waals surface area contributed by atoms with E-state index in [0.29, 0.717) is 12.1 Å². The lowest BCUT2D eigenvalue weighted by Gasteiger charge is -2.23. The van der Waals surface area contributed by atoms with Gasteiger partial charge in [-0.05, 0) is 18.6 Å². The maximum absolute atomic E-state index is 14.2. The van der Waals surface area contributed by atoms with Gasteiger partial charge < -0.3 is 19.7 Å². The Morgan fingerprint density at radius 1 is 1.21 bits per heavy atom. The van der Waals surface area contributed by atoms with E-state index < -0.39 is 29.9 Å². The zero-order valence-electron chi connectivity index (χ0n) is 15.4. The fourth-order valence-corrected chi connectivity index (χ4v) is 3.88. The summed E-state index contributed by atoms with van der Waals surface area (Å²) in [4.78, 5) is 26.9. The van der Waals surface area contributed by atoms with Gasteiger partial charge in [0.1, 0.15) is 18.1 Å². The molecular formula is C21H21FN2O4. The zero-order chi connectivity index (χ0) is 19.7. The van der Waals surface area contributed by atoms with Gasteiger partial charge >= 0.3 is 12.0 Å². The first kappa shape index (κ1) is 18.3. The highest BCUT2D eigenvalue weighted by Crippen LogP contribution is 2.48. The average Bonchev–Trinajstić information content (AvgIpc) is 3.26. The van der Waals surface area contributed by atoms with E-state index in [0.717, 1.165) is 5.56 Å². The van der Waals surface area contributed by atoms with Gasteiger partial charge in [0.2, 0.25) is 0 Å². The van der Waals surface area contributed by atoms with Crippen molar-refractivity contribution in [2.24, 2.45) is 5.92 Å². The topological polar surface area (TPSA) is 67.9 Å². The first-order valence-electron chi connectivity index (χ1n) is 9.30. The van der Waals surface area contributed by atoms with Crippen molar-refractivity contribution in [1.82, 2.24) is 10.2 Å². The SMILES string of the molecule is CCOC(=O)[C@@H]1CN(C(=O)NCc2ccccc2)[C@H]2c3cccc(F)c3O[C@@H]12. The fourth-order valence-electron chi connectivity index (χ4n) is 3.88. The Morgan fingerprint density at radius 3 is 2.75 bits per heavy atom. The van der Waals surface area contributed by atoms with Crippen LogP contribution in [0.4, 0.5) is 9.18 Å². The molecule has 2 aromatic carbocycles. The lowest BCUT2D eigenvalue weighted by molar-refractivity contribution is -0.149. The molecular weight excluding hydrogens is 363 g/mol. The molecule has 0 radical (unpaired) electrons. The molecule has 0 saturated carbocycles. The van der Waals surface area contributed by atoms with Gasteiger partial charge in [0.15, 0.2) is 11.6 Å². The third-order valence-corrected chi connectivity index (χ3v) is 5.14. The van der Waals surface area contributed by atoms with Crippen LogP contribution in [-0.2, 0) is 16.1 Å². The first-order valence-corrected chi connectivity index (χ1v) is 9.30. The van der Waals surface area contributed by atoms with Crippen LogP contribution >= 0.6 is 0 Å². The van der Waals surface area contributed by atoms with Crippen LogP contribution in [0.15, 0.2) is 48.5 Å². The number of hydrogen-bond donors (Lipinski definition) is 1. The number of nitrogens with zero attached hydrogens (tertiary/aromatic N) is 1. The number of halogens is 1. The molecule has 6 nitrogen and oxygen atoms in total. The predicted molar refractivity (Wildman–Crippen MR) is 99.1 cm³/mol. The number of para-hydroxylation sites is 1. The number of likely N-dealkylation sites (tertiary alicyclic amines) is 1. The van der Waals surface area contributed by atoms with Crippen LogP contribution in [0, 0.1) is 11.7 Å². The van der Waals surface area contributed by atoms with Gasteiger partial charge in [0.25, 0.3) is 0 Å². The summed E-state index contributed by atoms with van der Waals surface area (Å²) in [6.45, 7) is 2.46. The van der Waals surface area contributed by atoms with Crippen LogP contribution in [0.25, 0.3) is 0 Å². The third-order valence-electron chi connectivity index (χ3n) is 5.14. The van der Waals surface area contributed by atoms with E-state index in [4.69, 9.17) is 9.47 Å². The summed E-state index contributed by atoms with van der Waals surface area (Å²) < 4.78 is 25.1. The molecule has 28 heavy (non-hydrogen) atoms. The molecule has 2 heterocycles. The molecule has 0 unspecified atom stereocenters. The lowest BCUT2D eigenvalue weighted by Crippen LogP contribution is -2.40. The molecule has 2 aliphatic rings. The van der Waals surface area contributed by atoms with E-state index in [9.17, 15) is 14.0 Å². The van der Waals surface area contributed by atoms with Gasteiger partial charge in [-0.25, -0.2) is 9.18 Å². The first-order chi connectivity index (χ1) is 13.6. The Balaban J connectivity index is 1.58. The molecule has 2 aliphatic heterocycles. The monoisotopic (exact) mass is 384 g/mol. The molecule has 7 heteroatoms. The van der Waals surface area contributed by atoms with E-state index in [1.807, 2.05) is 30.3 Å². The van der Waals surface area contributed by atoms with Crippen molar-refractivity contribution in [2.45, 2.75) is 25.6 Å². The highest BCUT2D eigenvalue weighted by atomic mass is 19.1. The van der Waals surface area contributed by atoms with Crippen LogP contribution in [0.3, 0.4) is 0 Å². The lowest BCUT2D eigenvalue weighted by atomic mass is 9.99. The number of ether oxygens (including phenoxy) is 2. The van der Waals surface area contributed by atoms with Crippen LogP contribution in [0.5, 0.6) is 5.75 Å². The summed E-state index contributed by atoms with van der Waals surface area (Å²) in [5.74, 6) is -1.50. The summed E-state index contributed by atoms with van der Waals surface area (Å²) in [6.07, 6.45) is -0.659. The maximum atomic E-state index is 14.2. The second-order valence-electron chi connectivity index (χ2n) is 6.84. The molecule has 0 spiro atoms. The van der Waals surface area contributed by atoms with Gasteiger partial charge in [-0.2, -0.15) is 0 Å². The normalized spacial score (nSPS) is 22.2. The van der Waals surface area contributed by atoms with E-state index in [1.54, 1.807) is 24.0 Å². The van der Waals surface area contributed by atoms with Crippen molar-refractivity contribution in [3.8, 4) is 5.75 Å². The molecule has 146 valence electrons. The fraction of sp³-hybridized carbons (Fsp3) is 0.333. The molecule has 4 rings (SSSR count). The Morgan fingerprint density at radius 2 is 2.00 bits per heavy atom. The molecule has 0 bridgehead atoms. The van der Waals surface area contributed by atoms with E-state index in [1.165, 1.54) is 6.07 Å². The Kier molecular flexibility index (Phi) is 4.90. The Bertz CT molecular complexity index is 889. The summed E-state index contributed by atoms with van der Waals surface area (Å²) in [5.41, 5.74) is 1.54. The van der Waals surface area contributed by atoms with Gasteiger partial charge in [-0.3, -0.25) is 4.79 Å².